The smallest absolute Gasteiger partial charge is 0.438 e. The number of esters is 1. The van der Waals surface area contributed by atoms with E-state index in [1.54, 1.807) is 0 Å². The molecule has 32 heavy (non-hydrogen) atoms. The first-order chi connectivity index (χ1) is 15.3. The van der Waals surface area contributed by atoms with Crippen LogP contribution in [-0.2, 0) is 43.0 Å². The number of oxime groups is 1. The number of fused-ring (bicyclic) bond motifs is 1. The van der Waals surface area contributed by atoms with Crippen molar-refractivity contribution in [1.29, 1.82) is 0 Å². The molecule has 2 rings (SSSR count). The van der Waals surface area contributed by atoms with Crippen LogP contribution in [0.4, 0.5) is 4.79 Å². The summed E-state index contributed by atoms with van der Waals surface area (Å²) in [4.78, 5) is 66.2. The van der Waals surface area contributed by atoms with E-state index >= 15 is 0 Å². The topological polar surface area (TPSA) is 159 Å². The van der Waals surface area contributed by atoms with E-state index in [-0.39, 0.29) is 18.1 Å². The quantitative estimate of drug-likeness (QED) is 0.0785. The highest BCUT2D eigenvalue weighted by atomic mass is 35.5. The van der Waals surface area contributed by atoms with E-state index in [0.29, 0.717) is 5.57 Å². The number of hydrogen-bond donors (Lipinski definition) is 1. The van der Waals surface area contributed by atoms with Gasteiger partial charge in [0.2, 0.25) is 18.3 Å². The zero-order valence-corrected chi connectivity index (χ0v) is 18.8. The average Bonchev–Trinajstić information content (AvgIpc) is 2.79. The first kappa shape index (κ1) is 25.4. The molecule has 2 heterocycles. The molecule has 1 N–H and O–H groups in total. The number of methoxy groups -OCH3 is 2. The number of β-lactam (4-membered cyclic amide) rings is 1. The van der Waals surface area contributed by atoms with Gasteiger partial charge < -0.3 is 29.1 Å². The molecule has 0 aromatic heterocycles. The third-order valence-electron chi connectivity index (χ3n) is 4.16. The first-order valence-corrected chi connectivity index (χ1v) is 10.4. The minimum Gasteiger partial charge on any atom is -0.438 e. The Bertz CT molecular complexity index is 862. The number of thioether (sulfide) groups is 1. The lowest BCUT2D eigenvalue weighted by molar-refractivity contribution is -0.157. The molecule has 2 aliphatic rings. The Morgan fingerprint density at radius 2 is 1.94 bits per heavy atom. The number of Topliss-reactive ketones (excluding diaryl/α,β-unsaturated/α-hetero) is 1. The number of halogens is 1. The summed E-state index contributed by atoms with van der Waals surface area (Å²) < 4.78 is 18.8. The summed E-state index contributed by atoms with van der Waals surface area (Å²) in [7, 11) is 3.65. The van der Waals surface area contributed by atoms with Crippen LogP contribution in [0.5, 0.6) is 0 Å². The Hall–Kier alpha value is -2.84. The summed E-state index contributed by atoms with van der Waals surface area (Å²) in [6, 6.07) is -1.05. The zero-order chi connectivity index (χ0) is 23.8. The van der Waals surface area contributed by atoms with Crippen molar-refractivity contribution < 1.29 is 47.8 Å². The number of rotatable bonds is 10. The molecule has 0 aromatic rings. The summed E-state index contributed by atoms with van der Waals surface area (Å²) >= 11 is 6.73. The highest BCUT2D eigenvalue weighted by molar-refractivity contribution is 8.00. The highest BCUT2D eigenvalue weighted by Crippen LogP contribution is 2.40. The molecule has 15 heteroatoms. The Morgan fingerprint density at radius 1 is 1.22 bits per heavy atom. The number of alkyl halides is 1. The fourth-order valence-electron chi connectivity index (χ4n) is 2.80. The fourth-order valence-corrected chi connectivity index (χ4v) is 4.25. The van der Waals surface area contributed by atoms with Crippen molar-refractivity contribution in [2.45, 2.75) is 11.4 Å². The molecule has 0 saturated carbocycles. The van der Waals surface area contributed by atoms with E-state index in [1.807, 2.05) is 0 Å². The van der Waals surface area contributed by atoms with Crippen LogP contribution >= 0.6 is 23.4 Å². The monoisotopic (exact) mass is 493 g/mol. The second-order valence-electron chi connectivity index (χ2n) is 6.07. The van der Waals surface area contributed by atoms with Crippen LogP contribution in [-0.4, -0.2) is 98.1 Å². The lowest BCUT2D eigenvalue weighted by atomic mass is 10.0. The second kappa shape index (κ2) is 11.7. The molecule has 0 aromatic carbocycles. The first-order valence-electron chi connectivity index (χ1n) is 8.85. The van der Waals surface area contributed by atoms with E-state index in [9.17, 15) is 24.0 Å². The number of carbonyl (C=O) groups excluding carboxylic acids is 5. The van der Waals surface area contributed by atoms with Crippen molar-refractivity contribution in [3.05, 3.63) is 11.3 Å². The second-order valence-corrected chi connectivity index (χ2v) is 7.45. The molecule has 2 atom stereocenters. The van der Waals surface area contributed by atoms with Gasteiger partial charge in [0.25, 0.3) is 11.8 Å². The molecule has 1 unspecified atom stereocenters. The molecule has 0 radical (unpaired) electrons. The van der Waals surface area contributed by atoms with Gasteiger partial charge in [0.05, 0.1) is 19.6 Å². The summed E-state index contributed by atoms with van der Waals surface area (Å²) in [6.07, 6.45) is -1.05. The van der Waals surface area contributed by atoms with Gasteiger partial charge >= 0.3 is 12.1 Å². The predicted octanol–water partition coefficient (Wildman–Crippen LogP) is -0.619. The Labute approximate surface area is 191 Å². The van der Waals surface area contributed by atoms with Gasteiger partial charge in [0, 0.05) is 12.9 Å². The molecule has 0 spiro atoms. The van der Waals surface area contributed by atoms with Crippen LogP contribution < -0.4 is 5.32 Å². The normalized spacial score (nSPS) is 20.1. The van der Waals surface area contributed by atoms with Crippen molar-refractivity contribution in [2.75, 3.05) is 46.4 Å². The highest BCUT2D eigenvalue weighted by Gasteiger charge is 2.54. The van der Waals surface area contributed by atoms with Gasteiger partial charge in [-0.05, 0) is 5.57 Å². The lowest BCUT2D eigenvalue weighted by Gasteiger charge is -2.49. The molecular formula is C17H20ClN3O10S. The third-order valence-corrected chi connectivity index (χ3v) is 5.74. The molecule has 2 amide bonds. The zero-order valence-electron chi connectivity index (χ0n) is 17.2. The van der Waals surface area contributed by atoms with Crippen LogP contribution in [0.3, 0.4) is 0 Å². The Kier molecular flexibility index (Phi) is 9.28. The van der Waals surface area contributed by atoms with Gasteiger partial charge in [-0.3, -0.25) is 19.3 Å². The van der Waals surface area contributed by atoms with Gasteiger partial charge in [-0.1, -0.05) is 5.16 Å². The number of nitrogens with one attached hydrogen (secondary N) is 1. The predicted molar refractivity (Wildman–Crippen MR) is 109 cm³/mol. The van der Waals surface area contributed by atoms with E-state index in [1.165, 1.54) is 18.9 Å². The number of carbonyl (C=O) groups is 5. The van der Waals surface area contributed by atoms with Crippen molar-refractivity contribution in [3.8, 4) is 0 Å². The maximum absolute atomic E-state index is 12.8. The van der Waals surface area contributed by atoms with Gasteiger partial charge in [0.15, 0.2) is 0 Å². The number of ketones is 1. The van der Waals surface area contributed by atoms with Crippen molar-refractivity contribution in [2.24, 2.45) is 5.16 Å². The van der Waals surface area contributed by atoms with Crippen LogP contribution in [0, 0.1) is 0 Å². The van der Waals surface area contributed by atoms with Crippen LogP contribution in [0.2, 0.25) is 0 Å². The average molecular weight is 494 g/mol. The Morgan fingerprint density at radius 3 is 2.53 bits per heavy atom. The molecular weight excluding hydrogens is 474 g/mol. The number of amides is 2. The summed E-state index contributed by atoms with van der Waals surface area (Å²) in [5.74, 6) is -3.51. The minimum atomic E-state index is -1.05. The van der Waals surface area contributed by atoms with Gasteiger partial charge in [-0.15, -0.1) is 23.4 Å². The van der Waals surface area contributed by atoms with E-state index in [2.05, 4.69) is 24.8 Å². The van der Waals surface area contributed by atoms with Crippen molar-refractivity contribution >= 4 is 58.8 Å². The molecule has 0 bridgehead atoms. The third kappa shape index (κ3) is 5.49. The van der Waals surface area contributed by atoms with Gasteiger partial charge in [-0.25, -0.2) is 9.59 Å². The maximum Gasteiger partial charge on any atom is 0.510 e. The standard InChI is InChI=1S/C17H20ClN3O10S/c1-27-5-8-6-32-15-11(19-13(23)10(20-29-3)9(22)4-18)14(24)21(15)12(8)16(25)30-7-31-17(26)28-2/h11,15H,4-7H2,1-3H3,(H,19,23)/t11?,15-/m1/s1. The van der Waals surface area contributed by atoms with E-state index in [0.717, 1.165) is 19.1 Å². The molecule has 2 aliphatic heterocycles. The van der Waals surface area contributed by atoms with E-state index < -0.39 is 59.5 Å². The van der Waals surface area contributed by atoms with Gasteiger partial charge in [0.1, 0.15) is 24.2 Å². The number of nitrogens with zero attached hydrogens (tertiary/aromatic N) is 2. The van der Waals surface area contributed by atoms with Crippen LogP contribution in [0.25, 0.3) is 0 Å². The minimum absolute atomic E-state index is 0.0394. The summed E-state index contributed by atoms with van der Waals surface area (Å²) in [5, 5.41) is 5.10. The largest absolute Gasteiger partial charge is 0.510 e. The maximum atomic E-state index is 12.8. The number of ether oxygens (including phenoxy) is 4. The van der Waals surface area contributed by atoms with Gasteiger partial charge in [-0.2, -0.15) is 0 Å². The summed E-state index contributed by atoms with van der Waals surface area (Å²) in [5.41, 5.74) is -0.208. The Balaban J connectivity index is 2.16. The molecule has 1 saturated heterocycles. The van der Waals surface area contributed by atoms with Crippen LogP contribution in [0.15, 0.2) is 16.4 Å². The molecule has 0 aliphatic carbocycles. The molecule has 176 valence electrons. The van der Waals surface area contributed by atoms with Crippen molar-refractivity contribution in [1.82, 2.24) is 10.2 Å². The molecule has 1 fully saturated rings. The SMILES string of the molecule is COCC1=C(C(=O)OCOC(=O)OC)N2C(=O)C(NC(=O)C(=NOC)C(=O)CCl)[C@H]2SC1. The lowest BCUT2D eigenvalue weighted by Crippen LogP contribution is -2.71. The molecule has 13 nitrogen and oxygen atoms in total. The van der Waals surface area contributed by atoms with Crippen LogP contribution in [0.1, 0.15) is 0 Å². The van der Waals surface area contributed by atoms with Crippen molar-refractivity contribution in [3.63, 3.8) is 0 Å². The van der Waals surface area contributed by atoms with E-state index in [4.69, 9.17) is 21.1 Å². The number of hydrogen-bond acceptors (Lipinski definition) is 12. The fraction of sp³-hybridized carbons (Fsp3) is 0.529. The summed E-state index contributed by atoms with van der Waals surface area (Å²) in [6.45, 7) is -0.690.